The van der Waals surface area contributed by atoms with Gasteiger partial charge in [-0.1, -0.05) is 11.6 Å². The molecule has 2 N–H and O–H groups in total. The highest BCUT2D eigenvalue weighted by molar-refractivity contribution is 5.50. The van der Waals surface area contributed by atoms with Crippen LogP contribution in [0.15, 0.2) is 24.0 Å². The number of aliphatic hydroxyl groups is 1. The quantitative estimate of drug-likeness (QED) is 0.702. The number of aromatic nitrogens is 2. The summed E-state index contributed by atoms with van der Waals surface area (Å²) < 4.78 is 5.46. The predicted molar refractivity (Wildman–Crippen MR) is 106 cm³/mol. The number of nitrogens with one attached hydrogen (secondary N) is 1. The molecule has 1 aromatic rings. The molecule has 4 rings (SSSR count). The van der Waals surface area contributed by atoms with Gasteiger partial charge in [0.05, 0.1) is 19.3 Å². The van der Waals surface area contributed by atoms with Crippen molar-refractivity contribution in [1.29, 1.82) is 0 Å². The lowest BCUT2D eigenvalue weighted by molar-refractivity contribution is 0.150. The van der Waals surface area contributed by atoms with E-state index >= 15 is 0 Å². The van der Waals surface area contributed by atoms with Crippen molar-refractivity contribution in [3.05, 3.63) is 24.0 Å². The van der Waals surface area contributed by atoms with Crippen molar-refractivity contribution in [2.45, 2.75) is 37.8 Å². The van der Waals surface area contributed by atoms with Crippen molar-refractivity contribution in [2.24, 2.45) is 5.41 Å². The van der Waals surface area contributed by atoms with Crippen molar-refractivity contribution in [3.63, 3.8) is 0 Å². The summed E-state index contributed by atoms with van der Waals surface area (Å²) in [5.74, 6) is 1.76. The first-order chi connectivity index (χ1) is 13.1. The summed E-state index contributed by atoms with van der Waals surface area (Å²) in [4.78, 5) is 13.3. The number of anilines is 2. The lowest BCUT2D eigenvalue weighted by Crippen LogP contribution is -2.38. The van der Waals surface area contributed by atoms with Gasteiger partial charge >= 0.3 is 0 Å². The van der Waals surface area contributed by atoms with Crippen LogP contribution in [0.2, 0.25) is 0 Å². The Labute approximate surface area is 161 Å². The topological polar surface area (TPSA) is 73.8 Å². The molecule has 2 atom stereocenters. The SMILES string of the molecule is CN(C)C[C@H]1C[C@@H](O)CN1c1cc(NCC2(C3=CCOCC3)CC2)ncn1. The number of nitrogens with zero attached hydrogens (tertiary/aromatic N) is 4. The van der Waals surface area contributed by atoms with Crippen LogP contribution < -0.4 is 10.2 Å². The Morgan fingerprint density at radius 1 is 1.37 bits per heavy atom. The molecule has 0 radical (unpaired) electrons. The average molecular weight is 374 g/mol. The van der Waals surface area contributed by atoms with E-state index in [-0.39, 0.29) is 12.1 Å². The molecule has 0 spiro atoms. The van der Waals surface area contributed by atoms with Crippen molar-refractivity contribution in [3.8, 4) is 0 Å². The highest BCUT2D eigenvalue weighted by Gasteiger charge is 2.45. The van der Waals surface area contributed by atoms with E-state index in [1.54, 1.807) is 11.9 Å². The number of likely N-dealkylation sites (N-methyl/N-ethyl adjacent to an activating group) is 1. The molecule has 7 heteroatoms. The molecular weight excluding hydrogens is 342 g/mol. The van der Waals surface area contributed by atoms with Gasteiger partial charge < -0.3 is 25.0 Å². The normalized spacial score (nSPS) is 27.0. The van der Waals surface area contributed by atoms with Crippen LogP contribution in [0.3, 0.4) is 0 Å². The van der Waals surface area contributed by atoms with E-state index in [9.17, 15) is 5.11 Å². The Hall–Kier alpha value is -1.70. The number of rotatable bonds is 7. The highest BCUT2D eigenvalue weighted by atomic mass is 16.5. The van der Waals surface area contributed by atoms with E-state index in [2.05, 4.69) is 45.3 Å². The molecule has 0 unspecified atom stereocenters. The van der Waals surface area contributed by atoms with Gasteiger partial charge in [-0.05, 0) is 39.8 Å². The minimum Gasteiger partial charge on any atom is -0.391 e. The molecule has 1 aromatic heterocycles. The van der Waals surface area contributed by atoms with Crippen LogP contribution in [0.25, 0.3) is 0 Å². The smallest absolute Gasteiger partial charge is 0.134 e. The third-order valence-electron chi connectivity index (χ3n) is 6.02. The van der Waals surface area contributed by atoms with Gasteiger partial charge in [-0.2, -0.15) is 0 Å². The van der Waals surface area contributed by atoms with Crippen LogP contribution in [0.4, 0.5) is 11.6 Å². The minimum atomic E-state index is -0.295. The lowest BCUT2D eigenvalue weighted by Gasteiger charge is -2.28. The van der Waals surface area contributed by atoms with Gasteiger partial charge in [0, 0.05) is 37.2 Å². The molecule has 2 aliphatic heterocycles. The first-order valence-corrected chi connectivity index (χ1v) is 9.98. The van der Waals surface area contributed by atoms with Crippen LogP contribution >= 0.6 is 0 Å². The fourth-order valence-electron chi connectivity index (χ4n) is 4.40. The maximum absolute atomic E-state index is 10.1. The van der Waals surface area contributed by atoms with E-state index in [1.165, 1.54) is 12.8 Å². The molecular formula is C20H31N5O2. The number of β-amino-alcohol motifs (C(OH)–C–C–N with tert-alkyl or cyclic N) is 1. The molecule has 27 heavy (non-hydrogen) atoms. The number of ether oxygens (including phenoxy) is 1. The summed E-state index contributed by atoms with van der Waals surface area (Å²) >= 11 is 0. The van der Waals surface area contributed by atoms with Crippen molar-refractivity contribution >= 4 is 11.6 Å². The van der Waals surface area contributed by atoms with E-state index < -0.39 is 0 Å². The molecule has 1 saturated carbocycles. The average Bonchev–Trinajstić information content (AvgIpc) is 3.38. The molecule has 0 aromatic carbocycles. The first-order valence-electron chi connectivity index (χ1n) is 9.98. The Bertz CT molecular complexity index is 689. The summed E-state index contributed by atoms with van der Waals surface area (Å²) in [5, 5.41) is 13.7. The highest BCUT2D eigenvalue weighted by Crippen LogP contribution is 2.53. The van der Waals surface area contributed by atoms with E-state index in [0.29, 0.717) is 12.0 Å². The standard InChI is InChI=1S/C20H31N5O2/c1-24(2)11-16-9-17(26)12-25(16)19-10-18(22-14-23-19)21-13-20(5-6-20)15-3-7-27-8-4-15/h3,10,14,16-17,26H,4-9,11-13H2,1-2H3,(H,21,22,23)/t16-,17-/m1/s1. The summed E-state index contributed by atoms with van der Waals surface area (Å²) in [6.45, 7) is 4.04. The third kappa shape index (κ3) is 4.25. The zero-order valence-electron chi connectivity index (χ0n) is 16.4. The molecule has 0 bridgehead atoms. The van der Waals surface area contributed by atoms with Gasteiger partial charge in [-0.25, -0.2) is 9.97 Å². The van der Waals surface area contributed by atoms with Crippen LogP contribution in [0, 0.1) is 5.41 Å². The zero-order valence-corrected chi connectivity index (χ0v) is 16.4. The molecule has 1 saturated heterocycles. The predicted octanol–water partition coefficient (Wildman–Crippen LogP) is 1.52. The number of hydrogen-bond acceptors (Lipinski definition) is 7. The van der Waals surface area contributed by atoms with Gasteiger partial charge in [-0.3, -0.25) is 0 Å². The van der Waals surface area contributed by atoms with Crippen LogP contribution in [0.1, 0.15) is 25.7 Å². The van der Waals surface area contributed by atoms with Crippen molar-refractivity contribution < 1.29 is 9.84 Å². The summed E-state index contributed by atoms with van der Waals surface area (Å²) in [7, 11) is 4.13. The van der Waals surface area contributed by atoms with Gasteiger partial charge in [0.25, 0.3) is 0 Å². The van der Waals surface area contributed by atoms with Crippen LogP contribution in [-0.4, -0.2) is 79.1 Å². The number of aliphatic hydroxyl groups excluding tert-OH is 1. The molecule has 2 fully saturated rings. The van der Waals surface area contributed by atoms with E-state index in [1.807, 2.05) is 6.07 Å². The maximum Gasteiger partial charge on any atom is 0.134 e. The van der Waals surface area contributed by atoms with Crippen molar-refractivity contribution in [2.75, 3.05) is 57.2 Å². The summed E-state index contributed by atoms with van der Waals surface area (Å²) in [5.41, 5.74) is 1.84. The van der Waals surface area contributed by atoms with Crippen molar-refractivity contribution in [1.82, 2.24) is 14.9 Å². The molecule has 0 amide bonds. The summed E-state index contributed by atoms with van der Waals surface area (Å²) in [6, 6.07) is 2.30. The van der Waals surface area contributed by atoms with Gasteiger partial charge in [0.15, 0.2) is 0 Å². The first kappa shape index (κ1) is 18.7. The summed E-state index contributed by atoms with van der Waals surface area (Å²) in [6.07, 6.45) is 7.92. The monoisotopic (exact) mass is 373 g/mol. The van der Waals surface area contributed by atoms with E-state index in [0.717, 1.165) is 50.8 Å². The molecule has 3 aliphatic rings. The van der Waals surface area contributed by atoms with Crippen LogP contribution in [0.5, 0.6) is 0 Å². The third-order valence-corrected chi connectivity index (χ3v) is 6.02. The Morgan fingerprint density at radius 3 is 2.93 bits per heavy atom. The Balaban J connectivity index is 1.43. The number of hydrogen-bond donors (Lipinski definition) is 2. The lowest BCUT2D eigenvalue weighted by atomic mass is 9.92. The van der Waals surface area contributed by atoms with Gasteiger partial charge in [0.1, 0.15) is 18.0 Å². The zero-order chi connectivity index (χ0) is 18.9. The maximum atomic E-state index is 10.1. The second kappa shape index (κ2) is 7.73. The van der Waals surface area contributed by atoms with Gasteiger partial charge in [-0.15, -0.1) is 0 Å². The minimum absolute atomic E-state index is 0.278. The van der Waals surface area contributed by atoms with Crippen LogP contribution in [-0.2, 0) is 4.74 Å². The fraction of sp³-hybridized carbons (Fsp3) is 0.700. The molecule has 7 nitrogen and oxygen atoms in total. The second-order valence-corrected chi connectivity index (χ2v) is 8.41. The molecule has 3 heterocycles. The Morgan fingerprint density at radius 2 is 2.22 bits per heavy atom. The Kier molecular flexibility index (Phi) is 5.34. The largest absolute Gasteiger partial charge is 0.391 e. The van der Waals surface area contributed by atoms with Gasteiger partial charge in [0.2, 0.25) is 0 Å². The fourth-order valence-corrected chi connectivity index (χ4v) is 4.40. The van der Waals surface area contributed by atoms with E-state index in [4.69, 9.17) is 4.74 Å². The molecule has 148 valence electrons. The molecule has 1 aliphatic carbocycles. The second-order valence-electron chi connectivity index (χ2n) is 8.41.